The first-order valence-corrected chi connectivity index (χ1v) is 14.5. The molecule has 0 aromatic heterocycles. The van der Waals surface area contributed by atoms with Crippen LogP contribution in [-0.4, -0.2) is 41.2 Å². The molecule has 0 radical (unpaired) electrons. The van der Waals surface area contributed by atoms with Gasteiger partial charge in [-0.2, -0.15) is 0 Å². The zero-order chi connectivity index (χ0) is 21.6. The van der Waals surface area contributed by atoms with Crippen molar-refractivity contribution in [3.05, 3.63) is 0 Å². The summed E-state index contributed by atoms with van der Waals surface area (Å²) in [4.78, 5) is 0. The summed E-state index contributed by atoms with van der Waals surface area (Å²) in [6.45, 7) is 9.46. The number of rotatable bonds is 23. The van der Waals surface area contributed by atoms with Gasteiger partial charge < -0.3 is 24.7 Å². The predicted octanol–water partition coefficient (Wildman–Crippen LogP) is 5.78. The number of unbranched alkanes of at least 4 members (excludes halogenated alkanes) is 8. The Kier molecular flexibility index (Phi) is 21.3. The summed E-state index contributed by atoms with van der Waals surface area (Å²) in [6.07, 6.45) is 16.1. The van der Waals surface area contributed by atoms with Crippen molar-refractivity contribution in [3.63, 3.8) is 0 Å². The van der Waals surface area contributed by atoms with E-state index in [-0.39, 0.29) is 6.10 Å². The molecule has 0 aliphatic heterocycles. The number of hydrogen-bond donors (Lipinski definition) is 2. The summed E-state index contributed by atoms with van der Waals surface area (Å²) in [5.41, 5.74) is 11.7. The second kappa shape index (κ2) is 21.3. The maximum absolute atomic E-state index is 6.70. The van der Waals surface area contributed by atoms with Gasteiger partial charge in [0, 0.05) is 19.3 Å². The molecular formula is C23H52N2O3Si. The molecule has 0 heterocycles. The van der Waals surface area contributed by atoms with E-state index in [0.29, 0.717) is 13.1 Å². The molecule has 0 amide bonds. The number of hydrogen-bond acceptors (Lipinski definition) is 5. The van der Waals surface area contributed by atoms with Crippen LogP contribution in [-0.2, 0) is 13.3 Å². The summed E-state index contributed by atoms with van der Waals surface area (Å²) in [5.74, 6) is 0. The lowest BCUT2D eigenvalue weighted by Crippen LogP contribution is -2.49. The fourth-order valence-corrected chi connectivity index (χ4v) is 6.39. The minimum Gasteiger partial charge on any atom is -0.373 e. The van der Waals surface area contributed by atoms with E-state index in [1.165, 1.54) is 57.8 Å². The minimum atomic E-state index is -2.73. The lowest BCUT2D eigenvalue weighted by atomic mass is 10.1. The molecule has 0 fully saturated rings. The van der Waals surface area contributed by atoms with Gasteiger partial charge in [0.15, 0.2) is 0 Å². The first-order chi connectivity index (χ1) is 14.2. The second-order valence-electron chi connectivity index (χ2n) is 8.21. The van der Waals surface area contributed by atoms with Crippen molar-refractivity contribution < 1.29 is 13.3 Å². The van der Waals surface area contributed by atoms with Crippen molar-refractivity contribution in [3.8, 4) is 0 Å². The largest absolute Gasteiger partial charge is 0.501 e. The van der Waals surface area contributed by atoms with E-state index in [0.717, 1.165) is 51.4 Å². The molecule has 6 heteroatoms. The van der Waals surface area contributed by atoms with Crippen LogP contribution in [0.3, 0.4) is 0 Å². The maximum atomic E-state index is 6.70. The van der Waals surface area contributed by atoms with Gasteiger partial charge in [-0.05, 0) is 45.2 Å². The zero-order valence-electron chi connectivity index (χ0n) is 19.9. The van der Waals surface area contributed by atoms with Crippen LogP contribution in [0.15, 0.2) is 0 Å². The molecular weight excluding hydrogens is 380 g/mol. The van der Waals surface area contributed by atoms with Gasteiger partial charge in [-0.25, -0.2) is 0 Å². The summed E-state index contributed by atoms with van der Waals surface area (Å²) in [7, 11) is -2.73. The molecule has 1 atom stereocenters. The Balaban J connectivity index is 5.02. The van der Waals surface area contributed by atoms with Crippen molar-refractivity contribution in [1.82, 2.24) is 0 Å². The Hall–Kier alpha value is 0.0169. The van der Waals surface area contributed by atoms with Crippen LogP contribution in [0.2, 0.25) is 6.04 Å². The molecule has 1 unspecified atom stereocenters. The Bertz CT molecular complexity index is 321. The average Bonchev–Trinajstić information content (AvgIpc) is 2.72. The topological polar surface area (TPSA) is 79.7 Å². The van der Waals surface area contributed by atoms with Gasteiger partial charge in [0.2, 0.25) is 0 Å². The van der Waals surface area contributed by atoms with Crippen molar-refractivity contribution in [2.75, 3.05) is 26.3 Å². The smallest absolute Gasteiger partial charge is 0.373 e. The first-order valence-electron chi connectivity index (χ1n) is 12.5. The maximum Gasteiger partial charge on any atom is 0.501 e. The molecule has 0 bridgehead atoms. The molecule has 29 heavy (non-hydrogen) atoms. The highest BCUT2D eigenvalue weighted by Crippen LogP contribution is 2.24. The first kappa shape index (κ1) is 29.0. The van der Waals surface area contributed by atoms with E-state index in [4.69, 9.17) is 24.7 Å². The molecule has 0 aliphatic rings. The summed E-state index contributed by atoms with van der Waals surface area (Å²) in [5, 5.41) is 0. The van der Waals surface area contributed by atoms with E-state index < -0.39 is 8.80 Å². The highest BCUT2D eigenvalue weighted by Gasteiger charge is 2.42. The fourth-order valence-electron chi connectivity index (χ4n) is 3.47. The highest BCUT2D eigenvalue weighted by molar-refractivity contribution is 6.60. The summed E-state index contributed by atoms with van der Waals surface area (Å²) in [6, 6.07) is 0.819. The van der Waals surface area contributed by atoms with Crippen LogP contribution >= 0.6 is 0 Å². The summed E-state index contributed by atoms with van der Waals surface area (Å²) < 4.78 is 19.6. The third-order valence-electron chi connectivity index (χ3n) is 5.29. The third-order valence-corrected chi connectivity index (χ3v) is 8.24. The van der Waals surface area contributed by atoms with Crippen LogP contribution < -0.4 is 11.5 Å². The van der Waals surface area contributed by atoms with Gasteiger partial charge in [0.1, 0.15) is 0 Å². The second-order valence-corrected chi connectivity index (χ2v) is 10.9. The minimum absolute atomic E-state index is 0.141. The van der Waals surface area contributed by atoms with Gasteiger partial charge in [-0.3, -0.25) is 0 Å². The molecule has 0 aromatic carbocycles. The fraction of sp³-hybridized carbons (Fsp3) is 1.00. The molecule has 0 saturated carbocycles. The SMILES string of the molecule is CCCCCCO[Si](CCCN)(OCCCCCC)OC(CCN)CCCCC. The van der Waals surface area contributed by atoms with Crippen LogP contribution in [0.25, 0.3) is 0 Å². The zero-order valence-corrected chi connectivity index (χ0v) is 20.9. The van der Waals surface area contributed by atoms with Crippen LogP contribution in [0.1, 0.15) is 111 Å². The van der Waals surface area contributed by atoms with Crippen LogP contribution in [0.4, 0.5) is 0 Å². The van der Waals surface area contributed by atoms with E-state index >= 15 is 0 Å². The normalized spacial score (nSPS) is 13.1. The molecule has 4 N–H and O–H groups in total. The lowest BCUT2D eigenvalue weighted by molar-refractivity contribution is 0.0186. The Morgan fingerprint density at radius 1 is 0.621 bits per heavy atom. The number of nitrogens with two attached hydrogens (primary N) is 2. The quantitative estimate of drug-likeness (QED) is 0.158. The van der Waals surface area contributed by atoms with Crippen LogP contribution in [0, 0.1) is 0 Å². The molecule has 0 saturated heterocycles. The Morgan fingerprint density at radius 2 is 1.17 bits per heavy atom. The van der Waals surface area contributed by atoms with Crippen molar-refractivity contribution >= 4 is 8.80 Å². The van der Waals surface area contributed by atoms with Gasteiger partial charge in [0.25, 0.3) is 0 Å². The monoisotopic (exact) mass is 432 g/mol. The average molecular weight is 433 g/mol. The summed E-state index contributed by atoms with van der Waals surface area (Å²) >= 11 is 0. The lowest BCUT2D eigenvalue weighted by Gasteiger charge is -2.34. The third kappa shape index (κ3) is 16.4. The molecule has 176 valence electrons. The van der Waals surface area contributed by atoms with E-state index in [9.17, 15) is 0 Å². The van der Waals surface area contributed by atoms with Crippen molar-refractivity contribution in [2.45, 2.75) is 123 Å². The van der Waals surface area contributed by atoms with E-state index in [1.807, 2.05) is 0 Å². The standard InChI is InChI=1S/C23H52N2O3Si/c1-4-7-10-13-20-26-29(22-15-18-24,27-21-14-11-8-5-2)28-23(17-19-25)16-12-9-6-3/h23H,4-22,24-25H2,1-3H3. The molecule has 0 spiro atoms. The highest BCUT2D eigenvalue weighted by atomic mass is 28.4. The van der Waals surface area contributed by atoms with Gasteiger partial charge >= 0.3 is 8.80 Å². The van der Waals surface area contributed by atoms with Gasteiger partial charge in [-0.15, -0.1) is 0 Å². The van der Waals surface area contributed by atoms with Crippen LogP contribution in [0.5, 0.6) is 0 Å². The van der Waals surface area contributed by atoms with E-state index in [2.05, 4.69) is 20.8 Å². The predicted molar refractivity (Wildman–Crippen MR) is 127 cm³/mol. The molecule has 0 rings (SSSR count). The van der Waals surface area contributed by atoms with Crippen molar-refractivity contribution in [2.24, 2.45) is 11.5 Å². The Labute approximate surface area is 183 Å². The molecule has 5 nitrogen and oxygen atoms in total. The van der Waals surface area contributed by atoms with Gasteiger partial charge in [-0.1, -0.05) is 78.6 Å². The molecule has 0 aromatic rings. The van der Waals surface area contributed by atoms with Gasteiger partial charge in [0.05, 0.1) is 6.10 Å². The van der Waals surface area contributed by atoms with Crippen molar-refractivity contribution in [1.29, 1.82) is 0 Å². The molecule has 0 aliphatic carbocycles. The Morgan fingerprint density at radius 3 is 1.66 bits per heavy atom. The van der Waals surface area contributed by atoms with E-state index in [1.54, 1.807) is 0 Å².